The van der Waals surface area contributed by atoms with Gasteiger partial charge in [0.1, 0.15) is 0 Å². The zero-order chi connectivity index (χ0) is 29.4. The number of Topliss-reactive ketones (excluding diaryl/α,β-unsaturated/α-hetero) is 1. The molecule has 0 aromatic rings. The van der Waals surface area contributed by atoms with E-state index in [0.29, 0.717) is 43.2 Å². The maximum Gasteiger partial charge on any atom is 0.289 e. The number of carbonyl (C=O) groups is 4. The first kappa shape index (κ1) is 29.6. The van der Waals surface area contributed by atoms with Gasteiger partial charge in [0.25, 0.3) is 5.91 Å². The molecule has 1 spiro atoms. The highest BCUT2D eigenvalue weighted by Crippen LogP contribution is 2.58. The van der Waals surface area contributed by atoms with Gasteiger partial charge in [-0.2, -0.15) is 0 Å². The Morgan fingerprint density at radius 3 is 2.43 bits per heavy atom. The second-order valence-corrected chi connectivity index (χ2v) is 14.7. The van der Waals surface area contributed by atoms with Crippen molar-refractivity contribution in [3.8, 4) is 0 Å². The minimum Gasteiger partial charge on any atom is -0.369 e. The fourth-order valence-corrected chi connectivity index (χ4v) is 8.52. The average Bonchev–Trinajstić information content (AvgIpc) is 3.25. The van der Waals surface area contributed by atoms with E-state index in [1.165, 1.54) is 32.1 Å². The minimum atomic E-state index is -0.702. The molecule has 232 valence electrons. The van der Waals surface area contributed by atoms with Crippen molar-refractivity contribution in [2.45, 2.75) is 121 Å². The molecule has 4 N–H and O–H groups in total. The van der Waals surface area contributed by atoms with Gasteiger partial charge < -0.3 is 26.2 Å². The maximum absolute atomic E-state index is 13.4. The van der Waals surface area contributed by atoms with Crippen LogP contribution in [0.1, 0.15) is 96.8 Å². The molecule has 9 nitrogen and oxygen atoms in total. The number of rotatable bonds is 13. The van der Waals surface area contributed by atoms with E-state index in [9.17, 15) is 19.2 Å². The van der Waals surface area contributed by atoms with Gasteiger partial charge in [0.15, 0.2) is 0 Å². The molecule has 0 aromatic heterocycles. The normalized spacial score (nSPS) is 30.4. The summed E-state index contributed by atoms with van der Waals surface area (Å²) in [6.45, 7) is 8.85. The highest BCUT2D eigenvalue weighted by atomic mass is 16.2. The van der Waals surface area contributed by atoms with Gasteiger partial charge >= 0.3 is 0 Å². The van der Waals surface area contributed by atoms with E-state index >= 15 is 0 Å². The van der Waals surface area contributed by atoms with E-state index in [0.717, 1.165) is 57.2 Å². The van der Waals surface area contributed by atoms with Crippen LogP contribution in [0.4, 0.5) is 0 Å². The molecule has 0 aromatic carbocycles. The summed E-state index contributed by atoms with van der Waals surface area (Å²) < 4.78 is 0. The van der Waals surface area contributed by atoms with E-state index in [1.807, 2.05) is 0 Å². The summed E-state index contributed by atoms with van der Waals surface area (Å²) in [4.78, 5) is 54.1. The van der Waals surface area contributed by atoms with Crippen LogP contribution in [0.2, 0.25) is 0 Å². The standard InChI is InChI=1S/C33H51N5O4/c1-20-14-26(18-35-27(15-23-10-13-34-30(23)40)29(39)32(42)36-25-8-9-25)38(19-20)21(2)28(22-6-3-4-7-22)37-31(41)24-16-33(17-24)11-5-12-33/h20,22-28,35H,2-19H2,1H3,(H,34,40)(H,36,42)(H,37,41). The van der Waals surface area contributed by atoms with Crippen molar-refractivity contribution >= 4 is 23.5 Å². The number of hydrogen-bond donors (Lipinski definition) is 4. The van der Waals surface area contributed by atoms with Crippen LogP contribution in [0.5, 0.6) is 0 Å². The quantitative estimate of drug-likeness (QED) is 0.249. The Kier molecular flexibility index (Phi) is 8.67. The highest BCUT2D eigenvalue weighted by molar-refractivity contribution is 6.38. The van der Waals surface area contributed by atoms with Crippen molar-refractivity contribution in [1.29, 1.82) is 0 Å². The maximum atomic E-state index is 13.4. The van der Waals surface area contributed by atoms with Crippen LogP contribution in [0.15, 0.2) is 12.3 Å². The summed E-state index contributed by atoms with van der Waals surface area (Å²) in [5.41, 5.74) is 1.46. The fourth-order valence-electron chi connectivity index (χ4n) is 8.52. The third-order valence-electron chi connectivity index (χ3n) is 11.4. The molecule has 2 aliphatic heterocycles. The Balaban J connectivity index is 1.11. The number of likely N-dealkylation sites (tertiary alicyclic amines) is 1. The lowest BCUT2D eigenvalue weighted by atomic mass is 9.51. The van der Waals surface area contributed by atoms with Crippen molar-refractivity contribution in [1.82, 2.24) is 26.2 Å². The molecule has 6 rings (SSSR count). The molecule has 4 saturated carbocycles. The summed E-state index contributed by atoms with van der Waals surface area (Å²) >= 11 is 0. The van der Waals surface area contributed by atoms with Gasteiger partial charge in [-0.1, -0.05) is 32.8 Å². The molecule has 4 aliphatic carbocycles. The van der Waals surface area contributed by atoms with Gasteiger partial charge in [-0.25, -0.2) is 0 Å². The van der Waals surface area contributed by atoms with Crippen molar-refractivity contribution in [3.63, 3.8) is 0 Å². The van der Waals surface area contributed by atoms with Crippen LogP contribution in [-0.2, 0) is 19.2 Å². The first-order valence-corrected chi connectivity index (χ1v) is 16.8. The molecule has 5 atom stereocenters. The van der Waals surface area contributed by atoms with E-state index < -0.39 is 17.7 Å². The smallest absolute Gasteiger partial charge is 0.289 e. The van der Waals surface area contributed by atoms with Crippen molar-refractivity contribution in [2.24, 2.45) is 29.1 Å². The zero-order valence-corrected chi connectivity index (χ0v) is 25.4. The minimum absolute atomic E-state index is 0.0356. The van der Waals surface area contributed by atoms with Gasteiger partial charge in [-0.05, 0) is 87.9 Å². The number of carbonyl (C=O) groups excluding carboxylic acids is 4. The lowest BCUT2D eigenvalue weighted by Gasteiger charge is -2.53. The molecule has 0 radical (unpaired) electrons. The largest absolute Gasteiger partial charge is 0.369 e. The Bertz CT molecular complexity index is 1070. The first-order valence-electron chi connectivity index (χ1n) is 16.8. The monoisotopic (exact) mass is 581 g/mol. The average molecular weight is 582 g/mol. The van der Waals surface area contributed by atoms with Gasteiger partial charge in [0, 0.05) is 49.3 Å². The second-order valence-electron chi connectivity index (χ2n) is 14.7. The van der Waals surface area contributed by atoms with Gasteiger partial charge in [-0.3, -0.25) is 19.2 Å². The molecule has 2 saturated heterocycles. The summed E-state index contributed by atoms with van der Waals surface area (Å²) in [6.07, 6.45) is 14.4. The molecule has 42 heavy (non-hydrogen) atoms. The van der Waals surface area contributed by atoms with E-state index in [-0.39, 0.29) is 41.8 Å². The third-order valence-corrected chi connectivity index (χ3v) is 11.4. The fraction of sp³-hybridized carbons (Fsp3) is 0.818. The summed E-state index contributed by atoms with van der Waals surface area (Å²) in [5, 5.41) is 12.6. The summed E-state index contributed by atoms with van der Waals surface area (Å²) in [7, 11) is 0. The van der Waals surface area contributed by atoms with Crippen molar-refractivity contribution in [2.75, 3.05) is 19.6 Å². The van der Waals surface area contributed by atoms with Crippen LogP contribution in [0, 0.1) is 29.1 Å². The van der Waals surface area contributed by atoms with Gasteiger partial charge in [0.05, 0.1) is 12.1 Å². The van der Waals surface area contributed by atoms with Crippen molar-refractivity contribution < 1.29 is 19.2 Å². The lowest BCUT2D eigenvalue weighted by molar-refractivity contribution is -0.139. The van der Waals surface area contributed by atoms with Crippen LogP contribution in [-0.4, -0.2) is 72.2 Å². The zero-order valence-electron chi connectivity index (χ0n) is 25.4. The number of nitrogens with zero attached hydrogens (tertiary/aromatic N) is 1. The molecule has 6 fully saturated rings. The Morgan fingerprint density at radius 1 is 1.07 bits per heavy atom. The number of hydrogen-bond acceptors (Lipinski definition) is 6. The molecular weight excluding hydrogens is 530 g/mol. The number of nitrogens with one attached hydrogen (secondary N) is 4. The Labute approximate surface area is 250 Å². The van der Waals surface area contributed by atoms with E-state index in [1.54, 1.807) is 0 Å². The predicted octanol–water partition coefficient (Wildman–Crippen LogP) is 2.80. The van der Waals surface area contributed by atoms with E-state index in [2.05, 4.69) is 39.7 Å². The molecule has 2 heterocycles. The summed E-state index contributed by atoms with van der Waals surface area (Å²) in [6, 6.07) is -0.552. The highest BCUT2D eigenvalue weighted by Gasteiger charge is 2.51. The molecule has 3 amide bonds. The Morgan fingerprint density at radius 2 is 1.81 bits per heavy atom. The topological polar surface area (TPSA) is 120 Å². The number of amides is 3. The SMILES string of the molecule is C=C(C(NC(=O)C1CC2(CCC2)C1)C1CCCC1)N1CC(C)CC1CNC(CC1CCNC1=O)C(=O)C(=O)NC1CC1. The number of ketones is 1. The molecule has 0 bridgehead atoms. The van der Waals surface area contributed by atoms with Gasteiger partial charge in [0.2, 0.25) is 17.6 Å². The van der Waals surface area contributed by atoms with Gasteiger partial charge in [-0.15, -0.1) is 0 Å². The molecular formula is C33H51N5O4. The van der Waals surface area contributed by atoms with Crippen molar-refractivity contribution in [3.05, 3.63) is 12.3 Å². The van der Waals surface area contributed by atoms with Crippen LogP contribution < -0.4 is 21.3 Å². The summed E-state index contributed by atoms with van der Waals surface area (Å²) in [5.74, 6) is -0.116. The van der Waals surface area contributed by atoms with E-state index in [4.69, 9.17) is 0 Å². The molecule has 6 aliphatic rings. The predicted molar refractivity (Wildman–Crippen MR) is 160 cm³/mol. The Hall–Kier alpha value is -2.42. The first-order chi connectivity index (χ1) is 20.2. The van der Waals surface area contributed by atoms with Crippen LogP contribution >= 0.6 is 0 Å². The third kappa shape index (κ3) is 6.41. The van der Waals surface area contributed by atoms with Crippen LogP contribution in [0.25, 0.3) is 0 Å². The van der Waals surface area contributed by atoms with Crippen LogP contribution in [0.3, 0.4) is 0 Å². The lowest BCUT2D eigenvalue weighted by Crippen LogP contribution is -2.54. The molecule has 5 unspecified atom stereocenters. The molecule has 9 heteroatoms. The second kappa shape index (κ2) is 12.3.